The van der Waals surface area contributed by atoms with Crippen LogP contribution in [0.5, 0.6) is 0 Å². The van der Waals surface area contributed by atoms with Crippen molar-refractivity contribution in [3.8, 4) is 0 Å². The number of halogens is 2. The van der Waals surface area contributed by atoms with E-state index in [1.54, 1.807) is 33.7 Å². The van der Waals surface area contributed by atoms with E-state index in [-0.39, 0.29) is 17.0 Å². The minimum Gasteiger partial charge on any atom is -0.337 e. The van der Waals surface area contributed by atoms with Crippen LogP contribution < -0.4 is 10.9 Å². The number of carbonyl (C=O) groups excluding carboxylic acids is 1. The highest BCUT2D eigenvalue weighted by atomic mass is 35.5. The highest BCUT2D eigenvalue weighted by molar-refractivity contribution is 6.30. The fourth-order valence-electron chi connectivity index (χ4n) is 3.75. The van der Waals surface area contributed by atoms with Gasteiger partial charge < -0.3 is 15.2 Å². The van der Waals surface area contributed by atoms with Crippen LogP contribution in [-0.4, -0.2) is 46.4 Å². The summed E-state index contributed by atoms with van der Waals surface area (Å²) < 4.78 is 16.1. The lowest BCUT2D eigenvalue weighted by Crippen LogP contribution is -2.34. The van der Waals surface area contributed by atoms with E-state index in [4.69, 9.17) is 11.6 Å². The highest BCUT2D eigenvalue weighted by Gasteiger charge is 2.21. The Morgan fingerprint density at radius 3 is 2.90 bits per heavy atom. The molecule has 0 bridgehead atoms. The highest BCUT2D eigenvalue weighted by Crippen LogP contribution is 2.23. The van der Waals surface area contributed by atoms with Crippen molar-refractivity contribution in [2.24, 2.45) is 0 Å². The van der Waals surface area contributed by atoms with Gasteiger partial charge in [-0.25, -0.2) is 4.39 Å². The molecule has 1 amide bonds. The van der Waals surface area contributed by atoms with Crippen LogP contribution >= 0.6 is 11.6 Å². The Balaban J connectivity index is 1.68. The lowest BCUT2D eigenvalue weighted by molar-refractivity contribution is 0.0761. The van der Waals surface area contributed by atoms with Crippen molar-refractivity contribution in [2.75, 3.05) is 26.2 Å². The van der Waals surface area contributed by atoms with Crippen LogP contribution in [0.1, 0.15) is 33.6 Å². The number of amides is 1. The van der Waals surface area contributed by atoms with Crippen LogP contribution in [0.25, 0.3) is 5.52 Å². The number of hydrogen-bond acceptors (Lipinski definition) is 3. The summed E-state index contributed by atoms with van der Waals surface area (Å²) in [5.41, 5.74) is 2.61. The average Bonchev–Trinajstić information content (AvgIpc) is 2.90. The van der Waals surface area contributed by atoms with Crippen LogP contribution in [0.2, 0.25) is 5.15 Å². The van der Waals surface area contributed by atoms with Crippen molar-refractivity contribution in [1.82, 2.24) is 19.6 Å². The first-order valence-corrected chi connectivity index (χ1v) is 10.00. The van der Waals surface area contributed by atoms with Crippen molar-refractivity contribution in [3.05, 3.63) is 74.2 Å². The number of aryl methyl sites for hydroxylation is 1. The van der Waals surface area contributed by atoms with E-state index in [0.717, 1.165) is 29.8 Å². The molecular weight excluding hydrogens is 395 g/mol. The Morgan fingerprint density at radius 2 is 2.07 bits per heavy atom. The average molecular weight is 417 g/mol. The summed E-state index contributed by atoms with van der Waals surface area (Å²) in [4.78, 5) is 29.4. The first-order chi connectivity index (χ1) is 14.0. The van der Waals surface area contributed by atoms with Gasteiger partial charge in [-0.2, -0.15) is 0 Å². The summed E-state index contributed by atoms with van der Waals surface area (Å²) in [6, 6.07) is 6.30. The van der Waals surface area contributed by atoms with E-state index >= 15 is 0 Å². The summed E-state index contributed by atoms with van der Waals surface area (Å²) in [7, 11) is 0. The van der Waals surface area contributed by atoms with Crippen LogP contribution in [0.15, 0.2) is 35.3 Å². The Bertz CT molecular complexity index is 1130. The molecule has 0 spiro atoms. The summed E-state index contributed by atoms with van der Waals surface area (Å²) in [6.45, 7) is 4.55. The molecule has 1 fully saturated rings. The Hall–Kier alpha value is -2.64. The fourth-order valence-corrected chi connectivity index (χ4v) is 4.01. The second-order valence-corrected chi connectivity index (χ2v) is 7.69. The van der Waals surface area contributed by atoms with Gasteiger partial charge in [0.05, 0.1) is 5.56 Å². The predicted octanol–water partition coefficient (Wildman–Crippen LogP) is 2.75. The molecule has 6 nitrogen and oxygen atoms in total. The van der Waals surface area contributed by atoms with Gasteiger partial charge in [0.15, 0.2) is 0 Å². The Labute approximate surface area is 172 Å². The predicted molar refractivity (Wildman–Crippen MR) is 110 cm³/mol. The minimum atomic E-state index is -0.530. The van der Waals surface area contributed by atoms with Crippen LogP contribution in [0, 0.1) is 12.7 Å². The van der Waals surface area contributed by atoms with Crippen molar-refractivity contribution < 1.29 is 9.18 Å². The smallest absolute Gasteiger partial charge is 0.272 e. The second kappa shape index (κ2) is 8.00. The fraction of sp³-hybridized carbons (Fsp3) is 0.333. The number of nitrogens with one attached hydrogen (secondary N) is 2. The van der Waals surface area contributed by atoms with Crippen LogP contribution in [0.3, 0.4) is 0 Å². The van der Waals surface area contributed by atoms with Crippen molar-refractivity contribution in [1.29, 1.82) is 0 Å². The molecule has 1 aliphatic rings. The number of aromatic nitrogens is 2. The van der Waals surface area contributed by atoms with Crippen molar-refractivity contribution in [3.63, 3.8) is 0 Å². The molecule has 1 saturated heterocycles. The van der Waals surface area contributed by atoms with Gasteiger partial charge in [-0.15, -0.1) is 0 Å². The zero-order valence-corrected chi connectivity index (χ0v) is 16.9. The largest absolute Gasteiger partial charge is 0.337 e. The zero-order valence-electron chi connectivity index (χ0n) is 16.1. The minimum absolute atomic E-state index is 0.0693. The molecule has 3 aromatic rings. The van der Waals surface area contributed by atoms with Gasteiger partial charge in [-0.1, -0.05) is 17.7 Å². The van der Waals surface area contributed by atoms with Crippen molar-refractivity contribution in [2.45, 2.75) is 19.8 Å². The van der Waals surface area contributed by atoms with Crippen LogP contribution in [0.4, 0.5) is 4.39 Å². The normalized spacial score (nSPS) is 14.9. The standard InChI is InChI=1S/C21H22ClFN4O2/c1-13-9-18-20(28)25-12-15(27(18)19(13)22)10-14-3-4-17(23)16(11-14)21(29)26-7-2-5-24-6-8-26/h3-4,9,11-12,24H,2,5-8,10H2,1H3,(H,25,28). The van der Waals surface area contributed by atoms with Gasteiger partial charge >= 0.3 is 0 Å². The number of fused-ring (bicyclic) bond motifs is 1. The van der Waals surface area contributed by atoms with Gasteiger partial charge in [-0.3, -0.25) is 14.0 Å². The van der Waals surface area contributed by atoms with Gasteiger partial charge in [-0.05, 0) is 49.2 Å². The number of benzene rings is 1. The van der Waals surface area contributed by atoms with E-state index in [0.29, 0.717) is 36.7 Å². The van der Waals surface area contributed by atoms with E-state index < -0.39 is 5.82 Å². The maximum atomic E-state index is 14.5. The van der Waals surface area contributed by atoms with Gasteiger partial charge in [0.25, 0.3) is 11.5 Å². The quantitative estimate of drug-likeness (QED) is 0.689. The van der Waals surface area contributed by atoms with E-state index in [1.165, 1.54) is 6.07 Å². The molecule has 4 rings (SSSR count). The Kier molecular flexibility index (Phi) is 5.43. The molecule has 3 heterocycles. The number of nitrogens with zero attached hydrogens (tertiary/aromatic N) is 2. The van der Waals surface area contributed by atoms with E-state index in [1.807, 2.05) is 6.92 Å². The lowest BCUT2D eigenvalue weighted by Gasteiger charge is -2.20. The molecule has 29 heavy (non-hydrogen) atoms. The molecule has 2 N–H and O–H groups in total. The summed E-state index contributed by atoms with van der Waals surface area (Å²) in [5.74, 6) is -0.827. The maximum Gasteiger partial charge on any atom is 0.272 e. The lowest BCUT2D eigenvalue weighted by atomic mass is 10.0. The number of carbonyl (C=O) groups is 1. The molecule has 2 aromatic heterocycles. The second-order valence-electron chi connectivity index (χ2n) is 7.33. The summed E-state index contributed by atoms with van der Waals surface area (Å²) >= 11 is 6.39. The molecule has 1 aromatic carbocycles. The third-order valence-electron chi connectivity index (χ3n) is 5.28. The number of aromatic amines is 1. The van der Waals surface area contributed by atoms with Crippen LogP contribution in [-0.2, 0) is 6.42 Å². The molecule has 0 saturated carbocycles. The zero-order chi connectivity index (χ0) is 20.5. The molecule has 1 aliphatic heterocycles. The molecular formula is C21H22ClFN4O2. The molecule has 152 valence electrons. The van der Waals surface area contributed by atoms with Gasteiger partial charge in [0.2, 0.25) is 0 Å². The SMILES string of the molecule is Cc1cc2c(=O)[nH]cc(Cc3ccc(F)c(C(=O)N4CCCNCC4)c3)n2c1Cl. The first-order valence-electron chi connectivity index (χ1n) is 9.62. The van der Waals surface area contributed by atoms with E-state index in [2.05, 4.69) is 10.3 Å². The monoisotopic (exact) mass is 416 g/mol. The van der Waals surface area contributed by atoms with Gasteiger partial charge in [0.1, 0.15) is 16.5 Å². The maximum absolute atomic E-state index is 14.5. The molecule has 0 atom stereocenters. The van der Waals surface area contributed by atoms with Gasteiger partial charge in [0, 0.05) is 37.9 Å². The molecule has 0 unspecified atom stereocenters. The molecule has 8 heteroatoms. The third-order valence-corrected chi connectivity index (χ3v) is 5.75. The molecule has 0 aliphatic carbocycles. The topological polar surface area (TPSA) is 69.6 Å². The number of hydrogen-bond donors (Lipinski definition) is 2. The Morgan fingerprint density at radius 1 is 1.24 bits per heavy atom. The third kappa shape index (κ3) is 3.80. The van der Waals surface area contributed by atoms with E-state index in [9.17, 15) is 14.0 Å². The number of rotatable bonds is 3. The summed E-state index contributed by atoms with van der Waals surface area (Å²) in [5, 5.41) is 3.71. The summed E-state index contributed by atoms with van der Waals surface area (Å²) in [6.07, 6.45) is 2.84. The molecule has 0 radical (unpaired) electrons. The van der Waals surface area contributed by atoms with Crippen molar-refractivity contribution >= 4 is 23.0 Å². The number of H-pyrrole nitrogens is 1. The first kappa shape index (κ1) is 19.7.